The fourth-order valence-electron chi connectivity index (χ4n) is 12.1. The van der Waals surface area contributed by atoms with Crippen LogP contribution in [0, 0.1) is 40.4 Å². The highest BCUT2D eigenvalue weighted by atomic mass is 15.2. The number of rotatable bonds is 6. The van der Waals surface area contributed by atoms with Gasteiger partial charge in [0.1, 0.15) is 0 Å². The van der Waals surface area contributed by atoms with Gasteiger partial charge in [-0.05, 0) is 125 Å². The van der Waals surface area contributed by atoms with Crippen LogP contribution in [-0.4, -0.2) is 20.6 Å². The summed E-state index contributed by atoms with van der Waals surface area (Å²) in [4.78, 5) is 12.2. The smallest absolute Gasteiger partial charge is 0.0991 e. The average Bonchev–Trinajstić information content (AvgIpc) is 3.93. The number of hydrogen-bond donors (Lipinski definition) is 0. The second-order valence-electron chi connectivity index (χ2n) is 18.7. The summed E-state index contributed by atoms with van der Waals surface area (Å²) in [5.41, 5.74) is 15.5. The van der Waals surface area contributed by atoms with Crippen molar-refractivity contribution in [1.82, 2.24) is 14.5 Å². The zero-order chi connectivity index (χ0) is 44.7. The van der Waals surface area contributed by atoms with E-state index >= 15 is 0 Å². The Morgan fingerprint density at radius 1 is 0.712 bits per heavy atom. The van der Waals surface area contributed by atoms with Gasteiger partial charge >= 0.3 is 0 Å². The maximum Gasteiger partial charge on any atom is 0.0991 e. The third-order valence-corrected chi connectivity index (χ3v) is 15.0. The van der Waals surface area contributed by atoms with Crippen molar-refractivity contribution in [3.05, 3.63) is 227 Å². The normalized spacial score (nSPS) is 24.1. The van der Waals surface area contributed by atoms with E-state index in [2.05, 4.69) is 182 Å². The molecule has 3 heterocycles. The molecule has 4 aromatic carbocycles. The molecule has 0 radical (unpaired) electrons. The van der Waals surface area contributed by atoms with Crippen molar-refractivity contribution < 1.29 is 0 Å². The fourth-order valence-corrected chi connectivity index (χ4v) is 12.1. The summed E-state index contributed by atoms with van der Waals surface area (Å²) in [6, 6.07) is 48.1. The first-order valence-electron chi connectivity index (χ1n) is 23.0. The zero-order valence-electron chi connectivity index (χ0n) is 37.1. The minimum absolute atomic E-state index is 0.0761. The van der Waals surface area contributed by atoms with Crippen LogP contribution in [0.4, 0.5) is 11.4 Å². The van der Waals surface area contributed by atoms with Crippen molar-refractivity contribution in [2.45, 2.75) is 44.1 Å². The van der Waals surface area contributed by atoms with Crippen LogP contribution in [0.2, 0.25) is 0 Å². The molecule has 5 aliphatic rings. The molecular formula is C60H46N6. The second kappa shape index (κ2) is 15.0. The number of nitriles is 2. The van der Waals surface area contributed by atoms with Gasteiger partial charge in [0.25, 0.3) is 0 Å². The van der Waals surface area contributed by atoms with Gasteiger partial charge in [-0.25, -0.2) is 0 Å². The van der Waals surface area contributed by atoms with E-state index in [0.29, 0.717) is 11.1 Å². The quantitative estimate of drug-likeness (QED) is 0.166. The Bertz CT molecular complexity index is 3370. The molecule has 1 spiro atoms. The molecule has 0 fully saturated rings. The van der Waals surface area contributed by atoms with Crippen molar-refractivity contribution in [1.29, 1.82) is 10.5 Å². The van der Waals surface area contributed by atoms with Crippen LogP contribution in [0.25, 0.3) is 44.7 Å². The summed E-state index contributed by atoms with van der Waals surface area (Å²) in [6.45, 7) is 6.92. The minimum Gasteiger partial charge on any atom is -0.334 e. The average molecular weight is 851 g/mol. The van der Waals surface area contributed by atoms with Gasteiger partial charge in [0.2, 0.25) is 0 Å². The van der Waals surface area contributed by atoms with Crippen LogP contribution >= 0.6 is 0 Å². The largest absolute Gasteiger partial charge is 0.334 e. The lowest BCUT2D eigenvalue weighted by Gasteiger charge is -2.42. The molecule has 5 unspecified atom stereocenters. The fraction of sp³-hybridized carbons (Fsp3) is 0.167. The van der Waals surface area contributed by atoms with E-state index < -0.39 is 10.8 Å². The molecule has 12 rings (SSSR count). The predicted molar refractivity (Wildman–Crippen MR) is 265 cm³/mol. The number of fused-ring (bicyclic) bond motifs is 11. The Balaban J connectivity index is 1.24. The molecule has 66 heavy (non-hydrogen) atoms. The molecule has 0 saturated heterocycles. The SMILES string of the molecule is CC1C=CC2=C(C1)C1(c3cc(C#N)ccc3[C@]3(C)C=CC(C#N)=CC13)c1c2n(-c2cc(-c3ccccn3)cc(-c3ccccn3)c2)c2cc(N(c3ccccc3)C3C=CC=CC3C)ccc12. The van der Waals surface area contributed by atoms with Gasteiger partial charge in [-0.15, -0.1) is 0 Å². The van der Waals surface area contributed by atoms with E-state index in [1.54, 1.807) is 0 Å². The third-order valence-electron chi connectivity index (χ3n) is 15.0. The maximum absolute atomic E-state index is 10.6. The third kappa shape index (κ3) is 5.71. The van der Waals surface area contributed by atoms with Crippen molar-refractivity contribution in [2.75, 3.05) is 4.90 Å². The summed E-state index contributed by atoms with van der Waals surface area (Å²) < 4.78 is 2.51. The Labute approximate surface area is 385 Å². The Morgan fingerprint density at radius 3 is 2.15 bits per heavy atom. The molecule has 316 valence electrons. The number of aromatic nitrogens is 3. The molecule has 0 amide bonds. The number of hydrogen-bond acceptors (Lipinski definition) is 5. The number of anilines is 2. The van der Waals surface area contributed by atoms with E-state index in [1.165, 1.54) is 22.3 Å². The lowest BCUT2D eigenvalue weighted by Crippen LogP contribution is -2.40. The van der Waals surface area contributed by atoms with Gasteiger partial charge in [-0.2, -0.15) is 10.5 Å². The highest BCUT2D eigenvalue weighted by molar-refractivity contribution is 6.04. The summed E-state index contributed by atoms with van der Waals surface area (Å²) >= 11 is 0. The molecule has 3 aromatic heterocycles. The Kier molecular flexibility index (Phi) is 8.99. The summed E-state index contributed by atoms with van der Waals surface area (Å²) in [6.07, 6.45) is 24.7. The Morgan fingerprint density at radius 2 is 1.45 bits per heavy atom. The van der Waals surface area contributed by atoms with E-state index in [4.69, 9.17) is 9.97 Å². The van der Waals surface area contributed by atoms with E-state index in [9.17, 15) is 10.5 Å². The molecule has 5 aliphatic carbocycles. The highest BCUT2D eigenvalue weighted by Gasteiger charge is 2.64. The monoisotopic (exact) mass is 850 g/mol. The van der Waals surface area contributed by atoms with Gasteiger partial charge in [0.05, 0.1) is 51.8 Å². The molecular weight excluding hydrogens is 805 g/mol. The number of pyridine rings is 2. The van der Waals surface area contributed by atoms with Crippen molar-refractivity contribution in [2.24, 2.45) is 17.8 Å². The van der Waals surface area contributed by atoms with Crippen molar-refractivity contribution in [3.63, 3.8) is 0 Å². The molecule has 6 atom stereocenters. The van der Waals surface area contributed by atoms with Gasteiger partial charge < -0.3 is 9.47 Å². The van der Waals surface area contributed by atoms with Gasteiger partial charge in [0, 0.05) is 68.4 Å². The highest BCUT2D eigenvalue weighted by Crippen LogP contribution is 2.70. The first-order chi connectivity index (χ1) is 32.3. The zero-order valence-corrected chi connectivity index (χ0v) is 37.1. The molecule has 6 heteroatoms. The maximum atomic E-state index is 10.6. The Hall–Kier alpha value is -8.06. The van der Waals surface area contributed by atoms with Gasteiger partial charge in [0.15, 0.2) is 0 Å². The van der Waals surface area contributed by atoms with Crippen molar-refractivity contribution in [3.8, 4) is 40.3 Å². The summed E-state index contributed by atoms with van der Waals surface area (Å²) in [5.74, 6) is 0.403. The van der Waals surface area contributed by atoms with E-state index in [-0.39, 0.29) is 23.8 Å². The van der Waals surface area contributed by atoms with Crippen LogP contribution in [-0.2, 0) is 10.8 Å². The molecule has 7 aromatic rings. The van der Waals surface area contributed by atoms with Gasteiger partial charge in [-0.3, -0.25) is 9.97 Å². The molecule has 6 nitrogen and oxygen atoms in total. The van der Waals surface area contributed by atoms with E-state index in [0.717, 1.165) is 68.2 Å². The molecule has 0 aliphatic heterocycles. The topological polar surface area (TPSA) is 81.5 Å². The van der Waals surface area contributed by atoms with Crippen LogP contribution in [0.1, 0.15) is 55.1 Å². The number of allylic oxidation sites excluding steroid dienone is 10. The van der Waals surface area contributed by atoms with Crippen LogP contribution in [0.3, 0.4) is 0 Å². The number of benzene rings is 4. The number of nitrogens with zero attached hydrogens (tertiary/aromatic N) is 6. The lowest BCUT2D eigenvalue weighted by molar-refractivity contribution is 0.356. The van der Waals surface area contributed by atoms with Crippen LogP contribution < -0.4 is 4.90 Å². The van der Waals surface area contributed by atoms with Gasteiger partial charge in [-0.1, -0.05) is 112 Å². The molecule has 0 bridgehead atoms. The predicted octanol–water partition coefficient (Wildman–Crippen LogP) is 13.5. The second-order valence-corrected chi connectivity index (χ2v) is 18.7. The minimum atomic E-state index is -0.689. The number of para-hydroxylation sites is 1. The first kappa shape index (κ1) is 39.5. The summed E-state index contributed by atoms with van der Waals surface area (Å²) in [5, 5.41) is 22.3. The van der Waals surface area contributed by atoms with E-state index in [1.807, 2.05) is 48.8 Å². The molecule has 0 N–H and O–H groups in total. The van der Waals surface area contributed by atoms with Crippen molar-refractivity contribution >= 4 is 27.9 Å². The molecule has 0 saturated carbocycles. The lowest BCUT2D eigenvalue weighted by atomic mass is 9.59. The first-order valence-corrected chi connectivity index (χ1v) is 23.0. The standard InChI is InChI=1S/C60H46N6/c1-38-19-22-47-50(29-38)60(51-30-40(36-61)20-24-49(51)59(3)26-25-41(37-62)31-56(59)60)57-48-23-21-45(65(44-14-5-4-6-15-44)54-18-8-7-13-39(54)2)35-55(48)66(58(47)57)46-33-42(52-16-9-11-27-63-52)32-43(34-46)53-17-10-12-28-64-53/h4-28,30-35,38-39,54,56H,29H2,1-3H3/t38?,39?,54?,56?,59-,60?/m0/s1. The van der Waals surface area contributed by atoms with Crippen LogP contribution in [0.15, 0.2) is 200 Å². The summed E-state index contributed by atoms with van der Waals surface area (Å²) in [7, 11) is 0. The van der Waals surface area contributed by atoms with Crippen LogP contribution in [0.5, 0.6) is 0 Å².